The molecule has 112 valence electrons. The number of hydrogen-bond donors (Lipinski definition) is 1. The number of piperidine rings is 1. The number of halogens is 2. The Hall–Kier alpha value is -0.0900. The van der Waals surface area contributed by atoms with Crippen molar-refractivity contribution >= 4 is 28.3 Å². The van der Waals surface area contributed by atoms with Crippen LogP contribution in [-0.2, 0) is 6.54 Å². The molecule has 0 saturated carbocycles. The van der Waals surface area contributed by atoms with E-state index in [9.17, 15) is 0 Å². The van der Waals surface area contributed by atoms with Crippen LogP contribution >= 0.6 is 28.3 Å². The predicted octanol–water partition coefficient (Wildman–Crippen LogP) is 3.89. The van der Waals surface area contributed by atoms with Gasteiger partial charge < -0.3 is 5.32 Å². The molecule has 1 aromatic rings. The van der Waals surface area contributed by atoms with Gasteiger partial charge >= 0.3 is 0 Å². The lowest BCUT2D eigenvalue weighted by molar-refractivity contribution is 0.166. The fourth-order valence-corrected chi connectivity index (χ4v) is 3.86. The van der Waals surface area contributed by atoms with Crippen LogP contribution in [0, 0.1) is 6.92 Å². The summed E-state index contributed by atoms with van der Waals surface area (Å²) in [6.07, 6.45) is 5.41. The van der Waals surface area contributed by atoms with Crippen LogP contribution in [0.25, 0.3) is 0 Å². The second kappa shape index (κ2) is 6.78. The molecule has 4 heteroatoms. The molecular formula is C16H24BrClN2. The number of aryl methyl sites for hydroxylation is 1. The van der Waals surface area contributed by atoms with Crippen LogP contribution in [0.2, 0.25) is 0 Å². The largest absolute Gasteiger partial charge is 0.311 e. The fraction of sp³-hybridized carbons (Fsp3) is 0.625. The maximum absolute atomic E-state index is 3.72. The molecule has 2 fully saturated rings. The standard InChI is InChI=1S/C16H23BrN2.ClH/c1-11-7-12(3-6-16(11)17)10-19(2)15-8-13-4-5-14(9-15)18-13;/h3,6-7,13-15,18H,4-5,8-10H2,1-2H3;1H. The molecule has 2 nitrogen and oxygen atoms in total. The second-order valence-corrected chi connectivity index (χ2v) is 7.12. The maximum Gasteiger partial charge on any atom is 0.0233 e. The van der Waals surface area contributed by atoms with Crippen molar-refractivity contribution in [2.45, 2.75) is 57.3 Å². The molecule has 0 aliphatic carbocycles. The fourth-order valence-electron chi connectivity index (χ4n) is 3.61. The smallest absolute Gasteiger partial charge is 0.0233 e. The maximum atomic E-state index is 3.72. The first kappa shape index (κ1) is 16.3. The van der Waals surface area contributed by atoms with Crippen LogP contribution in [0.1, 0.15) is 36.8 Å². The second-order valence-electron chi connectivity index (χ2n) is 6.26. The molecule has 0 spiro atoms. The van der Waals surface area contributed by atoms with Crippen molar-refractivity contribution in [2.24, 2.45) is 0 Å². The minimum atomic E-state index is 0. The van der Waals surface area contributed by atoms with Crippen molar-refractivity contribution in [3.05, 3.63) is 33.8 Å². The minimum Gasteiger partial charge on any atom is -0.311 e. The average Bonchev–Trinajstić information content (AvgIpc) is 2.72. The summed E-state index contributed by atoms with van der Waals surface area (Å²) in [5, 5.41) is 3.72. The first-order valence-corrected chi connectivity index (χ1v) is 8.12. The molecule has 2 saturated heterocycles. The molecular weight excluding hydrogens is 336 g/mol. The molecule has 3 rings (SSSR count). The van der Waals surface area contributed by atoms with E-state index < -0.39 is 0 Å². The third kappa shape index (κ3) is 3.56. The number of nitrogens with one attached hydrogen (secondary N) is 1. The van der Waals surface area contributed by atoms with Crippen LogP contribution in [0.15, 0.2) is 22.7 Å². The normalized spacial score (nSPS) is 28.5. The van der Waals surface area contributed by atoms with E-state index in [0.29, 0.717) is 0 Å². The molecule has 2 aliphatic rings. The Balaban J connectivity index is 0.00000147. The number of nitrogens with zero attached hydrogens (tertiary/aromatic N) is 1. The van der Waals surface area contributed by atoms with Gasteiger partial charge in [0.2, 0.25) is 0 Å². The monoisotopic (exact) mass is 358 g/mol. The van der Waals surface area contributed by atoms with Crippen molar-refractivity contribution in [2.75, 3.05) is 7.05 Å². The molecule has 2 atom stereocenters. The lowest BCUT2D eigenvalue weighted by Gasteiger charge is -2.35. The summed E-state index contributed by atoms with van der Waals surface area (Å²) in [7, 11) is 2.28. The first-order valence-electron chi connectivity index (χ1n) is 7.33. The van der Waals surface area contributed by atoms with Crippen molar-refractivity contribution < 1.29 is 0 Å². The summed E-state index contributed by atoms with van der Waals surface area (Å²) in [5.74, 6) is 0. The van der Waals surface area contributed by atoms with Gasteiger partial charge in [0, 0.05) is 29.1 Å². The van der Waals surface area contributed by atoms with Crippen molar-refractivity contribution in [3.8, 4) is 0 Å². The van der Waals surface area contributed by atoms with Gasteiger partial charge in [-0.3, -0.25) is 4.90 Å². The summed E-state index contributed by atoms with van der Waals surface area (Å²) >= 11 is 3.57. The lowest BCUT2D eigenvalue weighted by Crippen LogP contribution is -2.46. The van der Waals surface area contributed by atoms with Gasteiger partial charge in [0.1, 0.15) is 0 Å². The van der Waals surface area contributed by atoms with Gasteiger partial charge in [-0.05, 0) is 56.8 Å². The summed E-state index contributed by atoms with van der Waals surface area (Å²) in [6.45, 7) is 3.23. The van der Waals surface area contributed by atoms with Crippen LogP contribution < -0.4 is 5.32 Å². The average molecular weight is 360 g/mol. The Morgan fingerprint density at radius 2 is 1.90 bits per heavy atom. The Kier molecular flexibility index (Phi) is 5.52. The van der Waals surface area contributed by atoms with Crippen LogP contribution in [0.4, 0.5) is 0 Å². The highest BCUT2D eigenvalue weighted by Gasteiger charge is 2.34. The van der Waals surface area contributed by atoms with E-state index in [1.807, 2.05) is 0 Å². The number of rotatable bonds is 3. The van der Waals surface area contributed by atoms with E-state index in [-0.39, 0.29) is 12.4 Å². The van der Waals surface area contributed by atoms with Crippen LogP contribution in [-0.4, -0.2) is 30.1 Å². The van der Waals surface area contributed by atoms with Crippen molar-refractivity contribution in [3.63, 3.8) is 0 Å². The third-order valence-electron chi connectivity index (χ3n) is 4.73. The lowest BCUT2D eigenvalue weighted by atomic mass is 9.98. The predicted molar refractivity (Wildman–Crippen MR) is 90.6 cm³/mol. The zero-order valence-electron chi connectivity index (χ0n) is 12.2. The highest BCUT2D eigenvalue weighted by atomic mass is 79.9. The van der Waals surface area contributed by atoms with E-state index in [1.54, 1.807) is 0 Å². The molecule has 0 radical (unpaired) electrons. The molecule has 20 heavy (non-hydrogen) atoms. The molecule has 0 amide bonds. The van der Waals surface area contributed by atoms with E-state index in [4.69, 9.17) is 0 Å². The van der Waals surface area contributed by atoms with Crippen molar-refractivity contribution in [1.29, 1.82) is 0 Å². The minimum absolute atomic E-state index is 0. The molecule has 2 unspecified atom stereocenters. The van der Waals surface area contributed by atoms with E-state index >= 15 is 0 Å². The van der Waals surface area contributed by atoms with E-state index in [2.05, 4.69) is 58.3 Å². The Bertz CT molecular complexity index is 454. The summed E-state index contributed by atoms with van der Waals surface area (Å²) in [5.41, 5.74) is 2.75. The van der Waals surface area contributed by atoms with Gasteiger partial charge in [-0.15, -0.1) is 12.4 Å². The first-order chi connectivity index (χ1) is 9.11. The molecule has 2 bridgehead atoms. The molecule has 1 N–H and O–H groups in total. The quantitative estimate of drug-likeness (QED) is 0.880. The van der Waals surface area contributed by atoms with Gasteiger partial charge in [0.15, 0.2) is 0 Å². The van der Waals surface area contributed by atoms with E-state index in [1.165, 1.54) is 41.3 Å². The van der Waals surface area contributed by atoms with Gasteiger partial charge in [0.05, 0.1) is 0 Å². The molecule has 2 heterocycles. The number of hydrogen-bond acceptors (Lipinski definition) is 2. The van der Waals surface area contributed by atoms with Crippen molar-refractivity contribution in [1.82, 2.24) is 10.2 Å². The van der Waals surface area contributed by atoms with E-state index in [0.717, 1.165) is 24.7 Å². The summed E-state index contributed by atoms with van der Waals surface area (Å²) in [6, 6.07) is 9.02. The van der Waals surface area contributed by atoms with Gasteiger partial charge in [0.25, 0.3) is 0 Å². The zero-order chi connectivity index (χ0) is 13.4. The van der Waals surface area contributed by atoms with Gasteiger partial charge in [-0.1, -0.05) is 28.1 Å². The summed E-state index contributed by atoms with van der Waals surface area (Å²) < 4.78 is 1.21. The molecule has 1 aromatic carbocycles. The Morgan fingerprint density at radius 1 is 1.25 bits per heavy atom. The van der Waals surface area contributed by atoms with Crippen LogP contribution in [0.3, 0.4) is 0 Å². The highest BCUT2D eigenvalue weighted by Crippen LogP contribution is 2.30. The zero-order valence-corrected chi connectivity index (χ0v) is 14.6. The van der Waals surface area contributed by atoms with Gasteiger partial charge in [-0.25, -0.2) is 0 Å². The number of fused-ring (bicyclic) bond motifs is 2. The van der Waals surface area contributed by atoms with Gasteiger partial charge in [-0.2, -0.15) is 0 Å². The molecule has 0 aromatic heterocycles. The van der Waals surface area contributed by atoms with Crippen LogP contribution in [0.5, 0.6) is 0 Å². The Labute approximate surface area is 136 Å². The summed E-state index contributed by atoms with van der Waals surface area (Å²) in [4.78, 5) is 2.55. The highest BCUT2D eigenvalue weighted by molar-refractivity contribution is 9.10. The SMILES string of the molecule is Cc1cc(CN(C)C2CC3CCC(C2)N3)ccc1Br.Cl. The Morgan fingerprint density at radius 3 is 2.50 bits per heavy atom. The third-order valence-corrected chi connectivity index (χ3v) is 5.62. The number of benzene rings is 1. The molecule has 2 aliphatic heterocycles. The topological polar surface area (TPSA) is 15.3 Å².